The molecule has 1 fully saturated rings. The molecule has 134 valence electrons. The number of carbonyl (C=O) groups excluding carboxylic acids is 1. The van der Waals surface area contributed by atoms with E-state index in [0.717, 1.165) is 55.5 Å². The fraction of sp³-hybridized carbons (Fsp3) is 0.450. The van der Waals surface area contributed by atoms with Crippen molar-refractivity contribution in [3.63, 3.8) is 0 Å². The lowest BCUT2D eigenvalue weighted by molar-refractivity contribution is 0.0383. The number of ether oxygens (including phenoxy) is 1. The summed E-state index contributed by atoms with van der Waals surface area (Å²) in [5.74, 6) is 0.00111. The quantitative estimate of drug-likeness (QED) is 0.909. The molecule has 0 atom stereocenters. The molecule has 0 radical (unpaired) electrons. The van der Waals surface area contributed by atoms with E-state index in [1.54, 1.807) is 0 Å². The van der Waals surface area contributed by atoms with Gasteiger partial charge in [-0.2, -0.15) is 0 Å². The van der Waals surface area contributed by atoms with Crippen molar-refractivity contribution in [3.8, 4) is 5.69 Å². The molecule has 1 aromatic heterocycles. The molecule has 1 saturated heterocycles. The lowest BCUT2D eigenvalue weighted by atomic mass is 10.2. The number of benzene rings is 1. The van der Waals surface area contributed by atoms with E-state index < -0.39 is 0 Å². The molecule has 0 spiro atoms. The van der Waals surface area contributed by atoms with Gasteiger partial charge in [0.25, 0.3) is 5.91 Å². The highest BCUT2D eigenvalue weighted by molar-refractivity contribution is 5.95. The smallest absolute Gasteiger partial charge is 0.253 e. The third kappa shape index (κ3) is 3.94. The number of para-hydroxylation sites is 1. The van der Waals surface area contributed by atoms with Crippen molar-refractivity contribution in [3.05, 3.63) is 52.8 Å². The van der Waals surface area contributed by atoms with Crippen LogP contribution in [-0.2, 0) is 4.74 Å². The van der Waals surface area contributed by atoms with Crippen LogP contribution < -0.4 is 5.32 Å². The summed E-state index contributed by atoms with van der Waals surface area (Å²) in [6.07, 6.45) is 0. The minimum Gasteiger partial charge on any atom is -0.379 e. The standard InChI is InChI=1S/C20H27N3O2/c1-15-6-4-5-7-19(15)23-16(2)14-18(17(23)3)20(24)21-8-9-22-10-12-25-13-11-22/h4-7,14H,8-13H2,1-3H3,(H,21,24). The van der Waals surface area contributed by atoms with Gasteiger partial charge in [0.15, 0.2) is 0 Å². The lowest BCUT2D eigenvalue weighted by Gasteiger charge is -2.26. The van der Waals surface area contributed by atoms with E-state index in [1.807, 2.05) is 32.0 Å². The third-order valence-corrected chi connectivity index (χ3v) is 4.85. The highest BCUT2D eigenvalue weighted by Gasteiger charge is 2.17. The second kappa shape index (κ2) is 7.85. The number of carbonyl (C=O) groups is 1. The normalized spacial score (nSPS) is 15.3. The predicted molar refractivity (Wildman–Crippen MR) is 99.6 cm³/mol. The van der Waals surface area contributed by atoms with Gasteiger partial charge in [-0.05, 0) is 38.5 Å². The molecule has 0 unspecified atom stereocenters. The maximum atomic E-state index is 12.6. The number of amides is 1. The monoisotopic (exact) mass is 341 g/mol. The summed E-state index contributed by atoms with van der Waals surface area (Å²) in [5.41, 5.74) is 5.14. The molecule has 0 bridgehead atoms. The van der Waals surface area contributed by atoms with Crippen LogP contribution in [0.25, 0.3) is 5.69 Å². The molecule has 1 aliphatic heterocycles. The van der Waals surface area contributed by atoms with Gasteiger partial charge in [-0.25, -0.2) is 0 Å². The first-order chi connectivity index (χ1) is 12.1. The Labute approximate surface area is 149 Å². The van der Waals surface area contributed by atoms with Crippen molar-refractivity contribution >= 4 is 5.91 Å². The summed E-state index contributed by atoms with van der Waals surface area (Å²) in [6, 6.07) is 10.2. The minimum atomic E-state index is 0.00111. The summed E-state index contributed by atoms with van der Waals surface area (Å²) in [5, 5.41) is 3.06. The maximum Gasteiger partial charge on any atom is 0.253 e. The van der Waals surface area contributed by atoms with Gasteiger partial charge in [-0.3, -0.25) is 9.69 Å². The predicted octanol–water partition coefficient (Wildman–Crippen LogP) is 2.46. The largest absolute Gasteiger partial charge is 0.379 e. The minimum absolute atomic E-state index is 0.00111. The molecular weight excluding hydrogens is 314 g/mol. The molecule has 0 aliphatic carbocycles. The third-order valence-electron chi connectivity index (χ3n) is 4.85. The van der Waals surface area contributed by atoms with Gasteiger partial charge < -0.3 is 14.6 Å². The molecule has 3 rings (SSSR count). The van der Waals surface area contributed by atoms with Gasteiger partial charge in [0, 0.05) is 43.3 Å². The lowest BCUT2D eigenvalue weighted by Crippen LogP contribution is -2.41. The van der Waals surface area contributed by atoms with Crippen molar-refractivity contribution in [1.82, 2.24) is 14.8 Å². The molecule has 1 aromatic carbocycles. The number of nitrogens with one attached hydrogen (secondary N) is 1. The first kappa shape index (κ1) is 17.7. The highest BCUT2D eigenvalue weighted by Crippen LogP contribution is 2.23. The van der Waals surface area contributed by atoms with Crippen LogP contribution in [-0.4, -0.2) is 54.8 Å². The zero-order valence-corrected chi connectivity index (χ0v) is 15.3. The van der Waals surface area contributed by atoms with Crippen molar-refractivity contribution in [2.24, 2.45) is 0 Å². The summed E-state index contributed by atoms with van der Waals surface area (Å²) in [4.78, 5) is 14.9. The molecule has 25 heavy (non-hydrogen) atoms. The number of hydrogen-bond donors (Lipinski definition) is 1. The van der Waals surface area contributed by atoms with Crippen molar-refractivity contribution < 1.29 is 9.53 Å². The van der Waals surface area contributed by atoms with Gasteiger partial charge >= 0.3 is 0 Å². The SMILES string of the molecule is Cc1ccccc1-n1c(C)cc(C(=O)NCCN2CCOCC2)c1C. The molecule has 2 heterocycles. The molecule has 5 heteroatoms. The summed E-state index contributed by atoms with van der Waals surface area (Å²) in [7, 11) is 0. The van der Waals surface area contributed by atoms with E-state index in [2.05, 4.69) is 33.8 Å². The second-order valence-corrected chi connectivity index (χ2v) is 6.62. The molecule has 0 saturated carbocycles. The summed E-state index contributed by atoms with van der Waals surface area (Å²) < 4.78 is 7.51. The van der Waals surface area contributed by atoms with Gasteiger partial charge in [0.05, 0.1) is 18.8 Å². The highest BCUT2D eigenvalue weighted by atomic mass is 16.5. The van der Waals surface area contributed by atoms with Crippen molar-refractivity contribution in [1.29, 1.82) is 0 Å². The number of nitrogens with zero attached hydrogens (tertiary/aromatic N) is 2. The number of rotatable bonds is 5. The summed E-state index contributed by atoms with van der Waals surface area (Å²) >= 11 is 0. The Hall–Kier alpha value is -2.11. The van der Waals surface area contributed by atoms with Gasteiger partial charge in [0.2, 0.25) is 0 Å². The molecule has 1 N–H and O–H groups in total. The van der Waals surface area contributed by atoms with E-state index in [9.17, 15) is 4.79 Å². The Kier molecular flexibility index (Phi) is 5.56. The number of hydrogen-bond acceptors (Lipinski definition) is 3. The maximum absolute atomic E-state index is 12.6. The summed E-state index contributed by atoms with van der Waals surface area (Å²) in [6.45, 7) is 11.1. The van der Waals surface area contributed by atoms with E-state index in [4.69, 9.17) is 4.74 Å². The zero-order chi connectivity index (χ0) is 17.8. The van der Waals surface area contributed by atoms with E-state index in [1.165, 1.54) is 5.56 Å². The van der Waals surface area contributed by atoms with Crippen LogP contribution in [0.4, 0.5) is 0 Å². The van der Waals surface area contributed by atoms with Crippen LogP contribution in [0, 0.1) is 20.8 Å². The average Bonchev–Trinajstić information content (AvgIpc) is 2.91. The molecule has 5 nitrogen and oxygen atoms in total. The number of aromatic nitrogens is 1. The Morgan fingerprint density at radius 2 is 1.88 bits per heavy atom. The van der Waals surface area contributed by atoms with Gasteiger partial charge in [-0.15, -0.1) is 0 Å². The fourth-order valence-electron chi connectivity index (χ4n) is 3.43. The van der Waals surface area contributed by atoms with Gasteiger partial charge in [-0.1, -0.05) is 18.2 Å². The fourth-order valence-corrected chi connectivity index (χ4v) is 3.43. The number of morpholine rings is 1. The molecule has 2 aromatic rings. The second-order valence-electron chi connectivity index (χ2n) is 6.62. The van der Waals surface area contributed by atoms with Crippen LogP contribution in [0.1, 0.15) is 27.3 Å². The first-order valence-corrected chi connectivity index (χ1v) is 8.91. The number of aryl methyl sites for hydroxylation is 2. The van der Waals surface area contributed by atoms with Crippen LogP contribution >= 0.6 is 0 Å². The van der Waals surface area contributed by atoms with Crippen molar-refractivity contribution in [2.45, 2.75) is 20.8 Å². The van der Waals surface area contributed by atoms with Crippen LogP contribution in [0.5, 0.6) is 0 Å². The Morgan fingerprint density at radius 1 is 1.16 bits per heavy atom. The average molecular weight is 341 g/mol. The van der Waals surface area contributed by atoms with E-state index in [0.29, 0.717) is 6.54 Å². The Morgan fingerprint density at radius 3 is 2.60 bits per heavy atom. The van der Waals surface area contributed by atoms with Crippen LogP contribution in [0.3, 0.4) is 0 Å². The Balaban J connectivity index is 1.69. The topological polar surface area (TPSA) is 46.5 Å². The van der Waals surface area contributed by atoms with Crippen LogP contribution in [0.15, 0.2) is 30.3 Å². The van der Waals surface area contributed by atoms with E-state index in [-0.39, 0.29) is 5.91 Å². The van der Waals surface area contributed by atoms with E-state index >= 15 is 0 Å². The van der Waals surface area contributed by atoms with Crippen LogP contribution in [0.2, 0.25) is 0 Å². The molecule has 1 aliphatic rings. The van der Waals surface area contributed by atoms with Gasteiger partial charge in [0.1, 0.15) is 0 Å². The molecular formula is C20H27N3O2. The first-order valence-electron chi connectivity index (χ1n) is 8.91. The zero-order valence-electron chi connectivity index (χ0n) is 15.3. The molecule has 1 amide bonds. The Bertz CT molecular complexity index is 745. The van der Waals surface area contributed by atoms with Crippen molar-refractivity contribution in [2.75, 3.05) is 39.4 Å².